The Labute approximate surface area is 177 Å². The second-order valence-electron chi connectivity index (χ2n) is 6.91. The molecule has 29 heavy (non-hydrogen) atoms. The first kappa shape index (κ1) is 19.8. The molecule has 0 bridgehead atoms. The third-order valence-electron chi connectivity index (χ3n) is 5.14. The first-order chi connectivity index (χ1) is 13.9. The number of carbonyl (C=O) groups excluding carboxylic acids is 1. The molecule has 2 aromatic carbocycles. The molecule has 1 aromatic heterocycles. The van der Waals surface area contributed by atoms with Crippen molar-refractivity contribution in [1.82, 2.24) is 10.1 Å². The maximum absolute atomic E-state index is 13.1. The van der Waals surface area contributed by atoms with Gasteiger partial charge in [0.2, 0.25) is 0 Å². The van der Waals surface area contributed by atoms with Gasteiger partial charge in [0.05, 0.1) is 18.7 Å². The molecule has 1 atom stereocenters. The molecule has 1 aliphatic heterocycles. The first-order valence-electron chi connectivity index (χ1n) is 8.98. The molecule has 1 fully saturated rings. The van der Waals surface area contributed by atoms with Crippen molar-refractivity contribution >= 4 is 29.1 Å². The SMILES string of the molecule is COc1ccc(-c2nocc2C(=O)N2CCC(O)(c3ccccc3Cl)C2)cc1Cl. The van der Waals surface area contributed by atoms with E-state index in [4.69, 9.17) is 32.5 Å². The Morgan fingerprint density at radius 1 is 1.24 bits per heavy atom. The maximum atomic E-state index is 13.1. The zero-order valence-corrected chi connectivity index (χ0v) is 17.1. The lowest BCUT2D eigenvalue weighted by atomic mass is 9.93. The van der Waals surface area contributed by atoms with Gasteiger partial charge < -0.3 is 19.3 Å². The van der Waals surface area contributed by atoms with Crippen molar-refractivity contribution in [3.63, 3.8) is 0 Å². The molecular formula is C21H18Cl2N2O4. The number of carbonyl (C=O) groups is 1. The number of rotatable bonds is 4. The topological polar surface area (TPSA) is 75.8 Å². The third-order valence-corrected chi connectivity index (χ3v) is 5.76. The summed E-state index contributed by atoms with van der Waals surface area (Å²) in [5.74, 6) is 0.243. The average molecular weight is 433 g/mol. The molecule has 0 aliphatic carbocycles. The van der Waals surface area contributed by atoms with Crippen molar-refractivity contribution in [3.8, 4) is 17.0 Å². The van der Waals surface area contributed by atoms with Crippen molar-refractivity contribution in [2.24, 2.45) is 0 Å². The quantitative estimate of drug-likeness (QED) is 0.661. The summed E-state index contributed by atoms with van der Waals surface area (Å²) in [6, 6.07) is 12.2. The molecule has 1 aliphatic rings. The van der Waals surface area contributed by atoms with E-state index in [2.05, 4.69) is 5.16 Å². The average Bonchev–Trinajstić information content (AvgIpc) is 3.35. The van der Waals surface area contributed by atoms with Crippen LogP contribution in [0.2, 0.25) is 10.0 Å². The van der Waals surface area contributed by atoms with Crippen LogP contribution in [0.5, 0.6) is 5.75 Å². The number of methoxy groups -OCH3 is 1. The van der Waals surface area contributed by atoms with Crippen molar-refractivity contribution in [3.05, 3.63) is 69.9 Å². The van der Waals surface area contributed by atoms with Crippen LogP contribution in [0.1, 0.15) is 22.3 Å². The number of likely N-dealkylation sites (tertiary alicyclic amines) is 1. The number of ether oxygens (including phenoxy) is 1. The minimum atomic E-state index is -1.20. The molecule has 4 rings (SSSR count). The fraction of sp³-hybridized carbons (Fsp3) is 0.238. The van der Waals surface area contributed by atoms with E-state index in [1.807, 2.05) is 6.07 Å². The molecule has 0 spiro atoms. The molecule has 3 aromatic rings. The second-order valence-corrected chi connectivity index (χ2v) is 7.73. The molecule has 150 valence electrons. The molecule has 1 N–H and O–H groups in total. The van der Waals surface area contributed by atoms with Gasteiger partial charge in [0.15, 0.2) is 0 Å². The summed E-state index contributed by atoms with van der Waals surface area (Å²) in [6.07, 6.45) is 1.69. The highest BCUT2D eigenvalue weighted by atomic mass is 35.5. The van der Waals surface area contributed by atoms with E-state index in [9.17, 15) is 9.90 Å². The maximum Gasteiger partial charge on any atom is 0.259 e. The van der Waals surface area contributed by atoms with Gasteiger partial charge in [0.1, 0.15) is 28.9 Å². The van der Waals surface area contributed by atoms with Crippen molar-refractivity contribution in [2.75, 3.05) is 20.2 Å². The van der Waals surface area contributed by atoms with Gasteiger partial charge in [-0.25, -0.2) is 0 Å². The Bertz CT molecular complexity index is 1070. The lowest BCUT2D eigenvalue weighted by Gasteiger charge is -2.24. The van der Waals surface area contributed by atoms with Gasteiger partial charge in [-0.3, -0.25) is 4.79 Å². The normalized spacial score (nSPS) is 18.8. The van der Waals surface area contributed by atoms with E-state index in [-0.39, 0.29) is 12.5 Å². The lowest BCUT2D eigenvalue weighted by Crippen LogP contribution is -2.34. The summed E-state index contributed by atoms with van der Waals surface area (Å²) in [7, 11) is 1.53. The van der Waals surface area contributed by atoms with Crippen LogP contribution in [-0.2, 0) is 5.60 Å². The Morgan fingerprint density at radius 3 is 2.76 bits per heavy atom. The molecule has 6 nitrogen and oxygen atoms in total. The summed E-state index contributed by atoms with van der Waals surface area (Å²) in [5.41, 5.74) is 0.731. The van der Waals surface area contributed by atoms with E-state index < -0.39 is 5.60 Å². The van der Waals surface area contributed by atoms with E-state index >= 15 is 0 Å². The predicted molar refractivity (Wildman–Crippen MR) is 109 cm³/mol. The highest BCUT2D eigenvalue weighted by Crippen LogP contribution is 2.37. The molecule has 1 amide bonds. The van der Waals surface area contributed by atoms with Gasteiger partial charge in [-0.15, -0.1) is 0 Å². The van der Waals surface area contributed by atoms with Crippen LogP contribution < -0.4 is 4.74 Å². The lowest BCUT2D eigenvalue weighted by molar-refractivity contribution is 0.0418. The summed E-state index contributed by atoms with van der Waals surface area (Å²) < 4.78 is 10.2. The second kappa shape index (κ2) is 7.71. The minimum absolute atomic E-state index is 0.129. The van der Waals surface area contributed by atoms with Crippen LogP contribution in [0.3, 0.4) is 0 Å². The highest BCUT2D eigenvalue weighted by molar-refractivity contribution is 6.32. The van der Waals surface area contributed by atoms with Gasteiger partial charge in [-0.2, -0.15) is 0 Å². The number of nitrogens with zero attached hydrogens (tertiary/aromatic N) is 2. The number of hydrogen-bond acceptors (Lipinski definition) is 5. The van der Waals surface area contributed by atoms with Crippen molar-refractivity contribution < 1.29 is 19.2 Å². The van der Waals surface area contributed by atoms with Gasteiger partial charge in [-0.1, -0.05) is 46.6 Å². The number of benzene rings is 2. The molecule has 1 saturated heterocycles. The largest absolute Gasteiger partial charge is 0.495 e. The Balaban J connectivity index is 1.60. The fourth-order valence-electron chi connectivity index (χ4n) is 3.61. The van der Waals surface area contributed by atoms with Gasteiger partial charge in [0, 0.05) is 22.7 Å². The van der Waals surface area contributed by atoms with Gasteiger partial charge >= 0.3 is 0 Å². The summed E-state index contributed by atoms with van der Waals surface area (Å²) in [5, 5.41) is 15.9. The molecule has 0 radical (unpaired) electrons. The zero-order valence-electron chi connectivity index (χ0n) is 15.6. The van der Waals surface area contributed by atoms with Crippen LogP contribution >= 0.6 is 23.2 Å². The number of aliphatic hydroxyl groups is 1. The summed E-state index contributed by atoms with van der Waals surface area (Å²) in [4.78, 5) is 14.7. The summed E-state index contributed by atoms with van der Waals surface area (Å²) >= 11 is 12.5. The van der Waals surface area contributed by atoms with E-state index in [1.54, 1.807) is 41.3 Å². The van der Waals surface area contributed by atoms with Gasteiger partial charge in [0.25, 0.3) is 5.91 Å². The van der Waals surface area contributed by atoms with E-state index in [1.165, 1.54) is 13.4 Å². The first-order valence-corrected chi connectivity index (χ1v) is 9.73. The van der Waals surface area contributed by atoms with Crippen LogP contribution in [0, 0.1) is 0 Å². The minimum Gasteiger partial charge on any atom is -0.495 e. The Morgan fingerprint density at radius 2 is 2.03 bits per heavy atom. The number of halogens is 2. The third kappa shape index (κ3) is 3.59. The fourth-order valence-corrected chi connectivity index (χ4v) is 4.18. The Kier molecular flexibility index (Phi) is 5.25. The molecule has 2 heterocycles. The van der Waals surface area contributed by atoms with Crippen LogP contribution in [0.4, 0.5) is 0 Å². The molecule has 0 saturated carbocycles. The smallest absolute Gasteiger partial charge is 0.259 e. The van der Waals surface area contributed by atoms with Crippen molar-refractivity contribution in [1.29, 1.82) is 0 Å². The van der Waals surface area contributed by atoms with Crippen LogP contribution in [0.15, 0.2) is 53.3 Å². The monoisotopic (exact) mass is 432 g/mol. The predicted octanol–water partition coefficient (Wildman–Crippen LogP) is 4.39. The van der Waals surface area contributed by atoms with E-state index in [0.717, 1.165) is 0 Å². The molecule has 1 unspecified atom stereocenters. The van der Waals surface area contributed by atoms with Crippen molar-refractivity contribution in [2.45, 2.75) is 12.0 Å². The zero-order chi connectivity index (χ0) is 20.6. The van der Waals surface area contributed by atoms with Gasteiger partial charge in [-0.05, 0) is 30.7 Å². The number of β-amino-alcohol motifs (C(OH)–C–C–N with tert-alkyl or cyclic N) is 1. The molecular weight excluding hydrogens is 415 g/mol. The standard InChI is InChI=1S/C21H18Cl2N2O4/c1-28-18-7-6-13(10-17(18)23)19-14(11-29-24-19)20(26)25-9-8-21(27,12-25)15-4-2-3-5-16(15)22/h2-7,10-11,27H,8-9,12H2,1H3. The highest BCUT2D eigenvalue weighted by Gasteiger charge is 2.41. The van der Waals surface area contributed by atoms with E-state index in [0.29, 0.717) is 51.1 Å². The summed E-state index contributed by atoms with van der Waals surface area (Å²) in [6.45, 7) is 0.512. The number of aromatic nitrogens is 1. The van der Waals surface area contributed by atoms with Crippen LogP contribution in [-0.4, -0.2) is 41.3 Å². The number of amides is 1. The number of hydrogen-bond donors (Lipinski definition) is 1. The molecule has 8 heteroatoms. The Hall–Kier alpha value is -2.54. The van der Waals surface area contributed by atoms with Crippen LogP contribution in [0.25, 0.3) is 11.3 Å².